The van der Waals surface area contributed by atoms with Crippen LogP contribution in [0.25, 0.3) is 0 Å². The first-order valence-corrected chi connectivity index (χ1v) is 6.15. The first-order chi connectivity index (χ1) is 6.39. The van der Waals surface area contributed by atoms with Crippen LogP contribution in [0.15, 0.2) is 22.6 Å². The molecule has 0 aliphatic heterocycles. The number of unbranched alkanes of at least 4 members (excludes halogenated alkanes) is 2. The lowest BCUT2D eigenvalue weighted by atomic mass is 10.2. The molecular weight excluding hydrogens is 200 g/mol. The molecule has 0 amide bonds. The van der Waals surface area contributed by atoms with Crippen molar-refractivity contribution in [1.82, 2.24) is 0 Å². The minimum absolute atomic E-state index is 0.0187. The van der Waals surface area contributed by atoms with Crippen LogP contribution in [0.1, 0.15) is 40.0 Å². The molecule has 0 aromatic carbocycles. The van der Waals surface area contributed by atoms with Gasteiger partial charge in [-0.2, -0.15) is 8.42 Å². The highest BCUT2D eigenvalue weighted by atomic mass is 32.2. The molecule has 0 rings (SSSR count). The molecule has 0 aromatic rings. The van der Waals surface area contributed by atoms with Gasteiger partial charge in [0.25, 0.3) is 10.1 Å². The highest BCUT2D eigenvalue weighted by Crippen LogP contribution is 2.11. The van der Waals surface area contributed by atoms with Crippen molar-refractivity contribution in [1.29, 1.82) is 0 Å². The van der Waals surface area contributed by atoms with Crippen LogP contribution in [-0.4, -0.2) is 13.0 Å². The first kappa shape index (κ1) is 13.4. The Kier molecular flexibility index (Phi) is 5.72. The van der Waals surface area contributed by atoms with Gasteiger partial charge in [0.05, 0.1) is 4.91 Å². The molecule has 0 spiro atoms. The van der Waals surface area contributed by atoms with Crippen molar-refractivity contribution >= 4 is 10.1 Å². The van der Waals surface area contributed by atoms with E-state index in [1.165, 1.54) is 6.92 Å². The predicted molar refractivity (Wildman–Crippen MR) is 58.6 cm³/mol. The van der Waals surface area contributed by atoms with Gasteiger partial charge in [-0.15, -0.1) is 0 Å². The summed E-state index contributed by atoms with van der Waals surface area (Å²) in [5, 5.41) is 0. The van der Waals surface area contributed by atoms with E-state index in [1.54, 1.807) is 13.0 Å². The molecule has 0 saturated heterocycles. The van der Waals surface area contributed by atoms with Gasteiger partial charge in [0, 0.05) is 0 Å². The fourth-order valence-electron chi connectivity index (χ4n) is 0.903. The van der Waals surface area contributed by atoms with Gasteiger partial charge < -0.3 is 0 Å². The quantitative estimate of drug-likeness (QED) is 0.438. The summed E-state index contributed by atoms with van der Waals surface area (Å²) in [6.07, 6.45) is 6.80. The standard InChI is InChI=1S/C10H18O3S/c1-4-5-6-7-8-9(2)10(3)14(11,12)13/h7-8H,4-6H2,1-3H3,(H,11,12,13). The van der Waals surface area contributed by atoms with Crippen LogP contribution in [0, 0.1) is 0 Å². The second-order valence-electron chi connectivity index (χ2n) is 3.26. The van der Waals surface area contributed by atoms with Crippen molar-refractivity contribution in [3.63, 3.8) is 0 Å². The molecule has 0 radical (unpaired) electrons. The topological polar surface area (TPSA) is 54.4 Å². The maximum atomic E-state index is 10.7. The van der Waals surface area contributed by atoms with E-state index in [-0.39, 0.29) is 4.91 Å². The number of rotatable bonds is 5. The van der Waals surface area contributed by atoms with Crippen LogP contribution >= 0.6 is 0 Å². The zero-order chi connectivity index (χ0) is 11.2. The minimum Gasteiger partial charge on any atom is -0.282 e. The van der Waals surface area contributed by atoms with Crippen LogP contribution in [0.2, 0.25) is 0 Å². The zero-order valence-electron chi connectivity index (χ0n) is 8.95. The highest BCUT2D eigenvalue weighted by molar-refractivity contribution is 7.89. The van der Waals surface area contributed by atoms with Crippen molar-refractivity contribution in [3.8, 4) is 0 Å². The van der Waals surface area contributed by atoms with Crippen molar-refractivity contribution in [2.24, 2.45) is 0 Å². The molecule has 0 aromatic heterocycles. The maximum absolute atomic E-state index is 10.7. The summed E-state index contributed by atoms with van der Waals surface area (Å²) in [7, 11) is -4.02. The normalized spacial score (nSPS) is 14.6. The molecule has 0 aliphatic rings. The monoisotopic (exact) mass is 218 g/mol. The number of hydrogen-bond acceptors (Lipinski definition) is 2. The van der Waals surface area contributed by atoms with E-state index in [4.69, 9.17) is 4.55 Å². The van der Waals surface area contributed by atoms with Gasteiger partial charge >= 0.3 is 0 Å². The van der Waals surface area contributed by atoms with Crippen molar-refractivity contribution in [3.05, 3.63) is 22.6 Å². The average Bonchev–Trinajstić information content (AvgIpc) is 2.09. The highest BCUT2D eigenvalue weighted by Gasteiger charge is 2.09. The van der Waals surface area contributed by atoms with Gasteiger partial charge in [-0.05, 0) is 25.8 Å². The van der Waals surface area contributed by atoms with Gasteiger partial charge in [-0.3, -0.25) is 4.55 Å². The molecule has 0 saturated carbocycles. The molecule has 0 aliphatic carbocycles. The van der Waals surface area contributed by atoms with Crippen LogP contribution in [0.4, 0.5) is 0 Å². The van der Waals surface area contributed by atoms with E-state index in [1.807, 2.05) is 6.08 Å². The Morgan fingerprint density at radius 2 is 1.93 bits per heavy atom. The Morgan fingerprint density at radius 3 is 2.36 bits per heavy atom. The van der Waals surface area contributed by atoms with Gasteiger partial charge in [0.1, 0.15) is 0 Å². The summed E-state index contributed by atoms with van der Waals surface area (Å²) in [5.41, 5.74) is 0.587. The average molecular weight is 218 g/mol. The van der Waals surface area contributed by atoms with E-state index in [0.717, 1.165) is 19.3 Å². The lowest BCUT2D eigenvalue weighted by molar-refractivity contribution is 0.490. The van der Waals surface area contributed by atoms with Crippen LogP contribution in [0.5, 0.6) is 0 Å². The molecule has 0 fully saturated rings. The van der Waals surface area contributed by atoms with E-state index in [0.29, 0.717) is 5.57 Å². The number of allylic oxidation sites excluding steroid dienone is 4. The SMILES string of the molecule is CCCCC=CC(C)=C(C)S(=O)(=O)O. The minimum atomic E-state index is -4.02. The van der Waals surface area contributed by atoms with E-state index in [2.05, 4.69) is 6.92 Å². The lowest BCUT2D eigenvalue weighted by Gasteiger charge is -1.99. The molecule has 4 heteroatoms. The molecule has 1 N–H and O–H groups in total. The Balaban J connectivity index is 4.46. The molecule has 0 atom stereocenters. The second-order valence-corrected chi connectivity index (χ2v) is 4.82. The molecule has 82 valence electrons. The third-order valence-electron chi connectivity index (χ3n) is 2.03. The first-order valence-electron chi connectivity index (χ1n) is 4.71. The fourth-order valence-corrected chi connectivity index (χ4v) is 1.38. The summed E-state index contributed by atoms with van der Waals surface area (Å²) in [4.78, 5) is 0.0187. The molecule has 0 unspecified atom stereocenters. The predicted octanol–water partition coefficient (Wildman–Crippen LogP) is 2.91. The Hall–Kier alpha value is -0.610. The van der Waals surface area contributed by atoms with E-state index in [9.17, 15) is 8.42 Å². The van der Waals surface area contributed by atoms with Gasteiger partial charge in [0.2, 0.25) is 0 Å². The van der Waals surface area contributed by atoms with Gasteiger partial charge in [0.15, 0.2) is 0 Å². The number of hydrogen-bond donors (Lipinski definition) is 1. The molecule has 3 nitrogen and oxygen atoms in total. The Bertz CT molecular complexity index is 323. The van der Waals surface area contributed by atoms with Gasteiger partial charge in [-0.1, -0.05) is 31.9 Å². The van der Waals surface area contributed by atoms with Crippen LogP contribution < -0.4 is 0 Å². The Morgan fingerprint density at radius 1 is 1.36 bits per heavy atom. The summed E-state index contributed by atoms with van der Waals surface area (Å²) in [6.45, 7) is 5.17. The third-order valence-corrected chi connectivity index (χ3v) is 3.13. The Labute approximate surface area is 86.3 Å². The van der Waals surface area contributed by atoms with E-state index < -0.39 is 10.1 Å². The molecular formula is C10H18O3S. The maximum Gasteiger partial charge on any atom is 0.290 e. The summed E-state index contributed by atoms with van der Waals surface area (Å²) < 4.78 is 30.2. The van der Waals surface area contributed by atoms with Crippen LogP contribution in [-0.2, 0) is 10.1 Å². The van der Waals surface area contributed by atoms with Crippen molar-refractivity contribution < 1.29 is 13.0 Å². The fraction of sp³-hybridized carbons (Fsp3) is 0.600. The summed E-state index contributed by atoms with van der Waals surface area (Å²) >= 11 is 0. The molecule has 0 heterocycles. The molecule has 0 bridgehead atoms. The lowest BCUT2D eigenvalue weighted by Crippen LogP contribution is -1.99. The molecule has 14 heavy (non-hydrogen) atoms. The largest absolute Gasteiger partial charge is 0.290 e. The van der Waals surface area contributed by atoms with Gasteiger partial charge in [-0.25, -0.2) is 0 Å². The smallest absolute Gasteiger partial charge is 0.282 e. The summed E-state index contributed by atoms with van der Waals surface area (Å²) in [5.74, 6) is 0. The van der Waals surface area contributed by atoms with E-state index >= 15 is 0 Å². The van der Waals surface area contributed by atoms with Crippen LogP contribution in [0.3, 0.4) is 0 Å². The third kappa shape index (κ3) is 5.19. The van der Waals surface area contributed by atoms with Crippen molar-refractivity contribution in [2.45, 2.75) is 40.0 Å². The second kappa shape index (κ2) is 5.98. The summed E-state index contributed by atoms with van der Waals surface area (Å²) in [6, 6.07) is 0. The van der Waals surface area contributed by atoms with Crippen molar-refractivity contribution in [2.75, 3.05) is 0 Å². The zero-order valence-corrected chi connectivity index (χ0v) is 9.76.